The van der Waals surface area contributed by atoms with Gasteiger partial charge in [0.05, 0.1) is 6.33 Å². The lowest BCUT2D eigenvalue weighted by Gasteiger charge is -2.25. The molecule has 1 aromatic carbocycles. The van der Waals surface area contributed by atoms with Crippen LogP contribution in [0.5, 0.6) is 0 Å². The summed E-state index contributed by atoms with van der Waals surface area (Å²) in [6.45, 7) is 2.98. The van der Waals surface area contributed by atoms with Gasteiger partial charge in [0.25, 0.3) is 0 Å². The normalized spacial score (nSPS) is 21.0. The molecule has 0 bridgehead atoms. The first-order valence-electron chi connectivity index (χ1n) is 11.1. The highest BCUT2D eigenvalue weighted by Crippen LogP contribution is 2.47. The van der Waals surface area contributed by atoms with Gasteiger partial charge in [-0.05, 0) is 51.9 Å². The standard InChI is InChI=1S/C23H24ClIN6O5S/c1-11(32)35-16-17(36-12(2)33)22(37-18(16)21(34)30(3)4)31-10-27-15-19(28-23(24)29-20(15)31)26-9-13-6-5-7-14(25)8-13/h5-8,10,16-18,22H,9H2,1-4H3,(H,26,28,29)/t16-,17+,18-,22+/m0/s1. The lowest BCUT2D eigenvalue weighted by molar-refractivity contribution is -0.166. The third-order valence-corrected chi connectivity index (χ3v) is 7.87. The van der Waals surface area contributed by atoms with Crippen molar-refractivity contribution in [1.29, 1.82) is 0 Å². The molecule has 1 aliphatic heterocycles. The highest BCUT2D eigenvalue weighted by atomic mass is 127. The van der Waals surface area contributed by atoms with E-state index in [4.69, 9.17) is 21.1 Å². The van der Waals surface area contributed by atoms with Gasteiger partial charge in [0.2, 0.25) is 11.2 Å². The van der Waals surface area contributed by atoms with E-state index in [1.54, 1.807) is 18.7 Å². The number of hydrogen-bond donors (Lipinski definition) is 1. The number of halogens is 2. The number of nitrogens with one attached hydrogen (secondary N) is 1. The van der Waals surface area contributed by atoms with Crippen molar-refractivity contribution in [3.8, 4) is 0 Å². The molecule has 3 aromatic rings. The fraction of sp³-hybridized carbons (Fsp3) is 0.391. The van der Waals surface area contributed by atoms with Crippen molar-refractivity contribution in [3.63, 3.8) is 0 Å². The van der Waals surface area contributed by atoms with Crippen molar-refractivity contribution in [2.75, 3.05) is 19.4 Å². The topological polar surface area (TPSA) is 129 Å². The number of nitrogens with zero attached hydrogens (tertiary/aromatic N) is 5. The number of ether oxygens (including phenoxy) is 2. The molecule has 1 amide bonds. The fourth-order valence-corrected chi connectivity index (χ4v) is 6.40. The molecule has 1 N–H and O–H groups in total. The maximum absolute atomic E-state index is 13.0. The van der Waals surface area contributed by atoms with Gasteiger partial charge in [-0.2, -0.15) is 9.97 Å². The number of hydrogen-bond acceptors (Lipinski definition) is 10. The lowest BCUT2D eigenvalue weighted by Crippen LogP contribution is -2.44. The average molecular weight is 659 g/mol. The molecular formula is C23H24ClIN6O5S. The Labute approximate surface area is 235 Å². The van der Waals surface area contributed by atoms with E-state index >= 15 is 0 Å². The molecule has 4 atom stereocenters. The Morgan fingerprint density at radius 1 is 1.16 bits per heavy atom. The molecule has 0 saturated carbocycles. The number of fused-ring (bicyclic) bond motifs is 1. The summed E-state index contributed by atoms with van der Waals surface area (Å²) in [6, 6.07) is 8.00. The van der Waals surface area contributed by atoms with Crippen LogP contribution in [0.2, 0.25) is 5.28 Å². The second-order valence-corrected chi connectivity index (χ2v) is 11.3. The van der Waals surface area contributed by atoms with Crippen molar-refractivity contribution in [1.82, 2.24) is 24.4 Å². The predicted octanol–water partition coefficient (Wildman–Crippen LogP) is 3.26. The average Bonchev–Trinajstić information content (AvgIpc) is 3.38. The minimum Gasteiger partial charge on any atom is -0.457 e. The number of carbonyl (C=O) groups is 3. The van der Waals surface area contributed by atoms with Crippen LogP contribution in [0.15, 0.2) is 30.6 Å². The molecular weight excluding hydrogens is 635 g/mol. The van der Waals surface area contributed by atoms with Crippen LogP contribution in [0.25, 0.3) is 11.2 Å². The number of amides is 1. The second-order valence-electron chi connectivity index (χ2n) is 8.48. The smallest absolute Gasteiger partial charge is 0.303 e. The first-order valence-corrected chi connectivity index (χ1v) is 13.5. The molecule has 11 nitrogen and oxygen atoms in total. The molecule has 3 heterocycles. The zero-order chi connectivity index (χ0) is 26.9. The lowest BCUT2D eigenvalue weighted by atomic mass is 10.1. The minimum atomic E-state index is -1.01. The Balaban J connectivity index is 1.73. The third kappa shape index (κ3) is 6.09. The van der Waals surface area contributed by atoms with E-state index in [-0.39, 0.29) is 11.2 Å². The molecule has 0 unspecified atom stereocenters. The van der Waals surface area contributed by atoms with E-state index in [2.05, 4.69) is 42.9 Å². The summed E-state index contributed by atoms with van der Waals surface area (Å²) in [5.74, 6) is -1.03. The number of benzene rings is 1. The van der Waals surface area contributed by atoms with Gasteiger partial charge in [-0.3, -0.25) is 19.0 Å². The quantitative estimate of drug-likeness (QED) is 0.230. The molecule has 1 saturated heterocycles. The van der Waals surface area contributed by atoms with Crippen molar-refractivity contribution in [2.24, 2.45) is 0 Å². The third-order valence-electron chi connectivity index (χ3n) is 5.49. The summed E-state index contributed by atoms with van der Waals surface area (Å²) in [6.07, 6.45) is -0.471. The first-order chi connectivity index (χ1) is 17.5. The number of aromatic nitrogens is 4. The van der Waals surface area contributed by atoms with Gasteiger partial charge in [-0.15, -0.1) is 11.8 Å². The van der Waals surface area contributed by atoms with E-state index in [0.29, 0.717) is 23.5 Å². The van der Waals surface area contributed by atoms with Gasteiger partial charge in [0.1, 0.15) is 10.6 Å². The highest BCUT2D eigenvalue weighted by molar-refractivity contribution is 14.1. The van der Waals surface area contributed by atoms with E-state index in [9.17, 15) is 14.4 Å². The number of rotatable bonds is 7. The van der Waals surface area contributed by atoms with Crippen molar-refractivity contribution in [2.45, 2.75) is 43.2 Å². The van der Waals surface area contributed by atoms with Crippen LogP contribution in [0.3, 0.4) is 0 Å². The van der Waals surface area contributed by atoms with Crippen LogP contribution >= 0.6 is 46.0 Å². The zero-order valence-corrected chi connectivity index (χ0v) is 24.1. The minimum absolute atomic E-state index is 0.0103. The van der Waals surface area contributed by atoms with Crippen molar-refractivity contribution >= 4 is 80.8 Å². The summed E-state index contributed by atoms with van der Waals surface area (Å²) in [4.78, 5) is 51.5. The largest absolute Gasteiger partial charge is 0.457 e. The van der Waals surface area contributed by atoms with Crippen LogP contribution in [0.1, 0.15) is 24.8 Å². The van der Waals surface area contributed by atoms with Gasteiger partial charge < -0.3 is 19.7 Å². The van der Waals surface area contributed by atoms with Gasteiger partial charge in [0.15, 0.2) is 29.2 Å². The van der Waals surface area contributed by atoms with Gasteiger partial charge in [-0.25, -0.2) is 4.98 Å². The molecule has 2 aromatic heterocycles. The second kappa shape index (κ2) is 11.4. The van der Waals surface area contributed by atoms with Crippen LogP contribution < -0.4 is 5.32 Å². The van der Waals surface area contributed by atoms with Gasteiger partial charge >= 0.3 is 11.9 Å². The van der Waals surface area contributed by atoms with Crippen LogP contribution in [-0.4, -0.2) is 73.8 Å². The van der Waals surface area contributed by atoms with Gasteiger partial charge in [0, 0.05) is 38.1 Å². The molecule has 0 spiro atoms. The summed E-state index contributed by atoms with van der Waals surface area (Å²) < 4.78 is 13.9. The fourth-order valence-electron chi connectivity index (χ4n) is 3.99. The number of thioether (sulfide) groups is 1. The summed E-state index contributed by atoms with van der Waals surface area (Å²) in [5, 5.41) is 1.75. The number of anilines is 1. The van der Waals surface area contributed by atoms with E-state index in [1.807, 2.05) is 24.3 Å². The van der Waals surface area contributed by atoms with Gasteiger partial charge in [-0.1, -0.05) is 12.1 Å². The summed E-state index contributed by atoms with van der Waals surface area (Å²) in [7, 11) is 3.21. The monoisotopic (exact) mass is 658 g/mol. The maximum Gasteiger partial charge on any atom is 0.303 e. The Morgan fingerprint density at radius 2 is 1.86 bits per heavy atom. The molecule has 0 aliphatic carbocycles. The molecule has 1 aliphatic rings. The van der Waals surface area contributed by atoms with E-state index < -0.39 is 34.8 Å². The van der Waals surface area contributed by atoms with Crippen molar-refractivity contribution in [3.05, 3.63) is 45.0 Å². The number of imidazole rings is 1. The molecule has 1 fully saturated rings. The highest BCUT2D eigenvalue weighted by Gasteiger charge is 2.53. The Morgan fingerprint density at radius 3 is 2.51 bits per heavy atom. The Bertz CT molecular complexity index is 1350. The summed E-state index contributed by atoms with van der Waals surface area (Å²) in [5.41, 5.74) is 1.87. The zero-order valence-electron chi connectivity index (χ0n) is 20.3. The Hall–Kier alpha value is -2.65. The maximum atomic E-state index is 13.0. The molecule has 0 radical (unpaired) electrons. The van der Waals surface area contributed by atoms with Crippen LogP contribution in [0.4, 0.5) is 5.82 Å². The Kier molecular flexibility index (Phi) is 8.43. The van der Waals surface area contributed by atoms with Crippen LogP contribution in [-0.2, 0) is 30.4 Å². The number of esters is 2. The number of carbonyl (C=O) groups excluding carboxylic acids is 3. The molecule has 14 heteroatoms. The molecule has 4 rings (SSSR count). The first kappa shape index (κ1) is 27.4. The summed E-state index contributed by atoms with van der Waals surface area (Å²) >= 11 is 9.72. The SMILES string of the molecule is CC(=O)O[C@@H]1[C@H](OC(C)=O)[C@@H](C(=O)N(C)C)S[C@H]1n1cnc2c(NCc3cccc(I)c3)nc(Cl)nc21. The van der Waals surface area contributed by atoms with Crippen LogP contribution in [0, 0.1) is 3.57 Å². The molecule has 37 heavy (non-hydrogen) atoms. The predicted molar refractivity (Wildman–Crippen MR) is 147 cm³/mol. The molecule has 196 valence electrons. The van der Waals surface area contributed by atoms with E-state index in [0.717, 1.165) is 9.13 Å². The van der Waals surface area contributed by atoms with Crippen molar-refractivity contribution < 1.29 is 23.9 Å². The van der Waals surface area contributed by atoms with E-state index in [1.165, 1.54) is 36.8 Å².